The lowest BCUT2D eigenvalue weighted by atomic mass is 9.51. The average molecular weight is 406 g/mol. The molecular formula is C21H26O8. The van der Waals surface area contributed by atoms with Gasteiger partial charge in [0, 0.05) is 29.4 Å². The zero-order valence-electron chi connectivity index (χ0n) is 17.0. The number of rotatable bonds is 3. The van der Waals surface area contributed by atoms with Gasteiger partial charge in [0.2, 0.25) is 0 Å². The molecule has 2 saturated heterocycles. The number of epoxide rings is 1. The summed E-state index contributed by atoms with van der Waals surface area (Å²) in [5.74, 6) is -2.62. The fraction of sp³-hybridized carbons (Fsp3) is 0.667. The van der Waals surface area contributed by atoms with Crippen LogP contribution in [0.1, 0.15) is 34.1 Å². The Hall–Kier alpha value is -2.19. The van der Waals surface area contributed by atoms with E-state index in [1.54, 1.807) is 0 Å². The van der Waals surface area contributed by atoms with E-state index in [4.69, 9.17) is 18.9 Å². The van der Waals surface area contributed by atoms with E-state index in [2.05, 4.69) is 13.2 Å². The molecule has 1 N–H and O–H groups in total. The number of hydrogen-bond acceptors (Lipinski definition) is 8. The Bertz CT molecular complexity index is 833. The van der Waals surface area contributed by atoms with E-state index in [0.717, 1.165) is 0 Å². The molecule has 158 valence electrons. The summed E-state index contributed by atoms with van der Waals surface area (Å²) in [5, 5.41) is 10.9. The van der Waals surface area contributed by atoms with Crippen molar-refractivity contribution in [2.45, 2.75) is 70.2 Å². The zero-order chi connectivity index (χ0) is 21.5. The molecule has 4 rings (SSSR count). The molecule has 9 atom stereocenters. The van der Waals surface area contributed by atoms with Crippen LogP contribution in [0.5, 0.6) is 0 Å². The predicted octanol–water partition coefficient (Wildman–Crippen LogP) is 1.06. The molecule has 0 amide bonds. The lowest BCUT2D eigenvalue weighted by molar-refractivity contribution is -0.216. The molecule has 0 aromatic rings. The number of aliphatic hydroxyl groups is 1. The van der Waals surface area contributed by atoms with Gasteiger partial charge in [-0.05, 0) is 20.3 Å². The SMILES string of the molecule is C=C(C)C(=O)OC1C(OC(C)=O)C2OC2(C)C2C3OC(=O)C(=C)C3C(O)CC12C. The van der Waals surface area contributed by atoms with Gasteiger partial charge in [0.05, 0.1) is 12.0 Å². The Labute approximate surface area is 168 Å². The second kappa shape index (κ2) is 6.15. The van der Waals surface area contributed by atoms with Crippen LogP contribution < -0.4 is 0 Å². The van der Waals surface area contributed by atoms with E-state index in [1.807, 2.05) is 13.8 Å². The van der Waals surface area contributed by atoms with Gasteiger partial charge in [-0.15, -0.1) is 0 Å². The van der Waals surface area contributed by atoms with Gasteiger partial charge in [-0.2, -0.15) is 0 Å². The molecule has 8 nitrogen and oxygen atoms in total. The maximum absolute atomic E-state index is 12.4. The van der Waals surface area contributed by atoms with Crippen LogP contribution in [0.25, 0.3) is 0 Å². The summed E-state index contributed by atoms with van der Waals surface area (Å²) in [5.41, 5.74) is -1.19. The molecule has 4 aliphatic rings. The fourth-order valence-electron chi connectivity index (χ4n) is 5.84. The Morgan fingerprint density at radius 1 is 1.24 bits per heavy atom. The largest absolute Gasteiger partial charge is 0.458 e. The van der Waals surface area contributed by atoms with Crippen molar-refractivity contribution in [1.82, 2.24) is 0 Å². The molecule has 2 saturated carbocycles. The third-order valence-electron chi connectivity index (χ3n) is 7.00. The average Bonchev–Trinajstić information content (AvgIpc) is 3.19. The van der Waals surface area contributed by atoms with Gasteiger partial charge in [-0.3, -0.25) is 4.79 Å². The highest BCUT2D eigenvalue weighted by Crippen LogP contribution is 2.66. The molecular weight excluding hydrogens is 380 g/mol. The van der Waals surface area contributed by atoms with Gasteiger partial charge in [0.25, 0.3) is 0 Å². The summed E-state index contributed by atoms with van der Waals surface area (Å²) in [6, 6.07) is 0. The molecule has 9 unspecified atom stereocenters. The molecule has 0 spiro atoms. The van der Waals surface area contributed by atoms with Crippen molar-refractivity contribution in [1.29, 1.82) is 0 Å². The first kappa shape index (κ1) is 20.1. The summed E-state index contributed by atoms with van der Waals surface area (Å²) >= 11 is 0. The van der Waals surface area contributed by atoms with Gasteiger partial charge in [0.1, 0.15) is 23.9 Å². The third kappa shape index (κ3) is 2.69. The predicted molar refractivity (Wildman–Crippen MR) is 98.3 cm³/mol. The lowest BCUT2D eigenvalue weighted by Crippen LogP contribution is -2.67. The summed E-state index contributed by atoms with van der Waals surface area (Å²) < 4.78 is 22.9. The normalized spacial score (nSPS) is 47.3. The summed E-state index contributed by atoms with van der Waals surface area (Å²) in [7, 11) is 0. The van der Waals surface area contributed by atoms with Crippen molar-refractivity contribution in [3.63, 3.8) is 0 Å². The van der Waals surface area contributed by atoms with Crippen LogP contribution >= 0.6 is 0 Å². The first-order valence-corrected chi connectivity index (χ1v) is 9.71. The monoisotopic (exact) mass is 406 g/mol. The first-order chi connectivity index (χ1) is 13.4. The number of carbonyl (C=O) groups excluding carboxylic acids is 3. The Kier molecular flexibility index (Phi) is 4.26. The number of fused-ring (bicyclic) bond motifs is 5. The van der Waals surface area contributed by atoms with Gasteiger partial charge >= 0.3 is 17.9 Å². The van der Waals surface area contributed by atoms with Crippen molar-refractivity contribution in [2.75, 3.05) is 0 Å². The van der Waals surface area contributed by atoms with E-state index in [9.17, 15) is 19.5 Å². The van der Waals surface area contributed by atoms with Gasteiger partial charge in [-0.1, -0.05) is 20.1 Å². The van der Waals surface area contributed by atoms with E-state index in [0.29, 0.717) is 0 Å². The number of aliphatic hydroxyl groups excluding tert-OH is 1. The van der Waals surface area contributed by atoms with Crippen molar-refractivity contribution >= 4 is 17.9 Å². The Balaban J connectivity index is 1.80. The van der Waals surface area contributed by atoms with Crippen LogP contribution in [0, 0.1) is 17.3 Å². The van der Waals surface area contributed by atoms with Crippen LogP contribution in [0.4, 0.5) is 0 Å². The van der Waals surface area contributed by atoms with Crippen LogP contribution in [0.15, 0.2) is 24.3 Å². The molecule has 2 aliphatic heterocycles. The summed E-state index contributed by atoms with van der Waals surface area (Å²) in [6.07, 6.45) is -3.65. The van der Waals surface area contributed by atoms with Gasteiger partial charge < -0.3 is 24.1 Å². The third-order valence-corrected chi connectivity index (χ3v) is 7.00. The molecule has 4 fully saturated rings. The molecule has 8 heteroatoms. The van der Waals surface area contributed by atoms with E-state index >= 15 is 0 Å². The second-order valence-electron chi connectivity index (χ2n) is 9.08. The maximum Gasteiger partial charge on any atom is 0.334 e. The Morgan fingerprint density at radius 3 is 2.48 bits per heavy atom. The lowest BCUT2D eigenvalue weighted by Gasteiger charge is -2.55. The van der Waals surface area contributed by atoms with Crippen molar-refractivity contribution in [3.8, 4) is 0 Å². The zero-order valence-corrected chi connectivity index (χ0v) is 17.0. The standard InChI is InChI=1S/C21H26O8/c1-8(2)18(24)28-16-14(26-10(4)22)17-21(6,29-17)15-13-12(9(3)19(25)27-13)11(23)7-20(15,16)5/h11-17,23H,1,3,7H2,2,4-6H3. The summed E-state index contributed by atoms with van der Waals surface area (Å²) in [4.78, 5) is 36.4. The van der Waals surface area contributed by atoms with Crippen LogP contribution in [-0.4, -0.2) is 59.1 Å². The van der Waals surface area contributed by atoms with Crippen molar-refractivity contribution in [2.24, 2.45) is 17.3 Å². The minimum absolute atomic E-state index is 0.200. The number of esters is 3. The fourth-order valence-corrected chi connectivity index (χ4v) is 5.84. The maximum atomic E-state index is 12.4. The molecule has 2 aliphatic carbocycles. The highest BCUT2D eigenvalue weighted by molar-refractivity contribution is 5.91. The second-order valence-corrected chi connectivity index (χ2v) is 9.08. The molecule has 0 aromatic heterocycles. The Morgan fingerprint density at radius 2 is 1.90 bits per heavy atom. The minimum atomic E-state index is -0.928. The number of hydrogen-bond donors (Lipinski definition) is 1. The number of carbonyl (C=O) groups is 3. The quantitative estimate of drug-likeness (QED) is 0.321. The molecule has 29 heavy (non-hydrogen) atoms. The van der Waals surface area contributed by atoms with Gasteiger partial charge in [-0.25, -0.2) is 9.59 Å². The van der Waals surface area contributed by atoms with Crippen molar-refractivity contribution in [3.05, 3.63) is 24.3 Å². The van der Waals surface area contributed by atoms with E-state index < -0.39 is 65.4 Å². The van der Waals surface area contributed by atoms with Crippen LogP contribution in [-0.2, 0) is 33.3 Å². The molecule has 0 radical (unpaired) electrons. The first-order valence-electron chi connectivity index (χ1n) is 9.71. The highest BCUT2D eigenvalue weighted by atomic mass is 16.7. The number of ether oxygens (including phenoxy) is 4. The molecule has 0 bridgehead atoms. The van der Waals surface area contributed by atoms with Crippen molar-refractivity contribution < 1.29 is 38.4 Å². The van der Waals surface area contributed by atoms with E-state index in [-0.39, 0.29) is 23.5 Å². The smallest absolute Gasteiger partial charge is 0.334 e. The van der Waals surface area contributed by atoms with E-state index in [1.165, 1.54) is 13.8 Å². The molecule has 2 heterocycles. The molecule has 0 aromatic carbocycles. The minimum Gasteiger partial charge on any atom is -0.458 e. The summed E-state index contributed by atoms with van der Waals surface area (Å²) in [6.45, 7) is 13.9. The topological polar surface area (TPSA) is 112 Å². The highest BCUT2D eigenvalue weighted by Gasteiger charge is 2.79. The van der Waals surface area contributed by atoms with Crippen LogP contribution in [0.3, 0.4) is 0 Å². The van der Waals surface area contributed by atoms with Gasteiger partial charge in [0.15, 0.2) is 6.10 Å². The van der Waals surface area contributed by atoms with Crippen LogP contribution in [0.2, 0.25) is 0 Å².